The van der Waals surface area contributed by atoms with E-state index in [9.17, 15) is 13.6 Å². The third-order valence-corrected chi connectivity index (χ3v) is 5.82. The maximum absolute atomic E-state index is 13.7. The van der Waals surface area contributed by atoms with Crippen LogP contribution in [0.2, 0.25) is 0 Å². The van der Waals surface area contributed by atoms with Crippen LogP contribution in [0, 0.1) is 38.3 Å². The molecule has 0 fully saturated rings. The highest BCUT2D eigenvalue weighted by molar-refractivity contribution is 5.73. The number of carbonyl (C=O) groups is 1. The van der Waals surface area contributed by atoms with Crippen LogP contribution in [-0.2, 0) is 22.6 Å². The number of halogens is 2. The maximum atomic E-state index is 13.7. The summed E-state index contributed by atoms with van der Waals surface area (Å²) in [6.45, 7) is 9.53. The first-order chi connectivity index (χ1) is 13.8. The largest absolute Gasteiger partial charge is 0.489 e. The number of aldehydes is 1. The smallest absolute Gasteiger partial charge is 0.161 e. The van der Waals surface area contributed by atoms with Gasteiger partial charge in [0.2, 0.25) is 0 Å². The standard InChI is InChI=1S/C24H26F2O3/c1-13-9-21(29-12-17-8-14(2)23(26)20(25)10-17)16(4)22-18(13)6-7-19(15(3)11-27)24(22)28-5/h8-11,19,24H,3,6-7,12H2,1-2,4-5H3/t19-,24+/m0/s1. The predicted molar refractivity (Wildman–Crippen MR) is 108 cm³/mol. The first-order valence-corrected chi connectivity index (χ1v) is 9.65. The molecule has 0 saturated heterocycles. The fourth-order valence-corrected chi connectivity index (χ4v) is 4.27. The molecule has 0 spiro atoms. The number of fused-ring (bicyclic) bond motifs is 1. The Kier molecular flexibility index (Phi) is 6.18. The molecule has 0 unspecified atom stereocenters. The number of carbonyl (C=O) groups excluding carboxylic acids is 1. The number of ether oxygens (including phenoxy) is 2. The monoisotopic (exact) mass is 400 g/mol. The lowest BCUT2D eigenvalue weighted by molar-refractivity contribution is -0.106. The van der Waals surface area contributed by atoms with Crippen LogP contribution in [0.4, 0.5) is 8.78 Å². The first-order valence-electron chi connectivity index (χ1n) is 9.65. The summed E-state index contributed by atoms with van der Waals surface area (Å²) in [6, 6.07) is 4.72. The van der Waals surface area contributed by atoms with E-state index >= 15 is 0 Å². The van der Waals surface area contributed by atoms with E-state index in [1.165, 1.54) is 12.5 Å². The van der Waals surface area contributed by atoms with E-state index in [-0.39, 0.29) is 24.2 Å². The molecular weight excluding hydrogens is 374 g/mol. The lowest BCUT2D eigenvalue weighted by Crippen LogP contribution is -2.26. The Bertz CT molecular complexity index is 942. The van der Waals surface area contributed by atoms with Crippen LogP contribution in [-0.4, -0.2) is 13.4 Å². The van der Waals surface area contributed by atoms with E-state index in [1.807, 2.05) is 19.9 Å². The second-order valence-electron chi connectivity index (χ2n) is 7.70. The molecule has 0 amide bonds. The molecule has 0 N–H and O–H groups in total. The van der Waals surface area contributed by atoms with Gasteiger partial charge in [0, 0.05) is 13.0 Å². The molecule has 154 valence electrons. The molecule has 1 aliphatic rings. The molecule has 0 bridgehead atoms. The van der Waals surface area contributed by atoms with Gasteiger partial charge in [0.15, 0.2) is 11.6 Å². The molecule has 5 heteroatoms. The summed E-state index contributed by atoms with van der Waals surface area (Å²) in [6.07, 6.45) is 2.17. The van der Waals surface area contributed by atoms with Crippen LogP contribution in [0.5, 0.6) is 5.75 Å². The molecule has 0 heterocycles. The number of methoxy groups -OCH3 is 1. The van der Waals surface area contributed by atoms with Crippen molar-refractivity contribution in [2.45, 2.75) is 46.3 Å². The zero-order valence-electron chi connectivity index (χ0n) is 17.3. The van der Waals surface area contributed by atoms with Gasteiger partial charge in [-0.15, -0.1) is 0 Å². The molecule has 0 aliphatic heterocycles. The molecule has 3 nitrogen and oxygen atoms in total. The van der Waals surface area contributed by atoms with E-state index in [0.717, 1.165) is 41.9 Å². The number of rotatable bonds is 6. The molecule has 0 radical (unpaired) electrons. The third-order valence-electron chi connectivity index (χ3n) is 5.82. The zero-order valence-corrected chi connectivity index (χ0v) is 17.3. The SMILES string of the molecule is C=C(C=O)[C@@H]1CCc2c(C)cc(OCc3cc(C)c(F)c(F)c3)c(C)c2[C@@H]1OC. The highest BCUT2D eigenvalue weighted by Crippen LogP contribution is 2.45. The van der Waals surface area contributed by atoms with E-state index < -0.39 is 11.6 Å². The summed E-state index contributed by atoms with van der Waals surface area (Å²) in [7, 11) is 1.64. The van der Waals surface area contributed by atoms with Crippen LogP contribution in [0.15, 0.2) is 30.4 Å². The Morgan fingerprint density at radius 3 is 2.55 bits per heavy atom. The van der Waals surface area contributed by atoms with Gasteiger partial charge in [0.05, 0.1) is 6.10 Å². The van der Waals surface area contributed by atoms with Crippen molar-refractivity contribution in [1.82, 2.24) is 0 Å². The first kappa shape index (κ1) is 21.2. The summed E-state index contributed by atoms with van der Waals surface area (Å²) >= 11 is 0. The Balaban J connectivity index is 1.95. The average molecular weight is 400 g/mol. The Labute approximate surface area is 170 Å². The van der Waals surface area contributed by atoms with Gasteiger partial charge in [0.1, 0.15) is 18.6 Å². The predicted octanol–water partition coefficient (Wildman–Crippen LogP) is 5.47. The molecule has 2 aromatic rings. The molecule has 2 atom stereocenters. The second kappa shape index (κ2) is 8.46. The molecule has 0 saturated carbocycles. The van der Waals surface area contributed by atoms with Gasteiger partial charge in [-0.2, -0.15) is 0 Å². The van der Waals surface area contributed by atoms with Crippen molar-refractivity contribution >= 4 is 6.29 Å². The van der Waals surface area contributed by atoms with Crippen LogP contribution >= 0.6 is 0 Å². The normalized spacial score (nSPS) is 18.3. The second-order valence-corrected chi connectivity index (χ2v) is 7.70. The van der Waals surface area contributed by atoms with Crippen molar-refractivity contribution in [1.29, 1.82) is 0 Å². The third kappa shape index (κ3) is 3.97. The minimum absolute atomic E-state index is 0.0767. The van der Waals surface area contributed by atoms with E-state index in [0.29, 0.717) is 16.9 Å². The Hall–Kier alpha value is -2.53. The van der Waals surface area contributed by atoms with Crippen molar-refractivity contribution in [2.75, 3.05) is 7.11 Å². The minimum Gasteiger partial charge on any atom is -0.489 e. The summed E-state index contributed by atoms with van der Waals surface area (Å²) in [5, 5.41) is 0. The molecule has 29 heavy (non-hydrogen) atoms. The van der Waals surface area contributed by atoms with E-state index in [2.05, 4.69) is 6.58 Å². The lowest BCUT2D eigenvalue weighted by Gasteiger charge is -2.35. The van der Waals surface area contributed by atoms with Gasteiger partial charge in [0.25, 0.3) is 0 Å². The highest BCUT2D eigenvalue weighted by atomic mass is 19.2. The number of hydrogen-bond donors (Lipinski definition) is 0. The lowest BCUT2D eigenvalue weighted by atomic mass is 9.75. The fraction of sp³-hybridized carbons (Fsp3) is 0.375. The van der Waals surface area contributed by atoms with Crippen LogP contribution in [0.3, 0.4) is 0 Å². The van der Waals surface area contributed by atoms with E-state index in [1.54, 1.807) is 13.2 Å². The van der Waals surface area contributed by atoms with E-state index in [4.69, 9.17) is 9.47 Å². The summed E-state index contributed by atoms with van der Waals surface area (Å²) in [5.41, 5.74) is 5.59. The summed E-state index contributed by atoms with van der Waals surface area (Å²) in [5.74, 6) is -1.12. The molecule has 1 aliphatic carbocycles. The average Bonchev–Trinajstić information content (AvgIpc) is 2.71. The van der Waals surface area contributed by atoms with Crippen LogP contribution < -0.4 is 4.74 Å². The van der Waals surface area contributed by atoms with Crippen LogP contribution in [0.1, 0.15) is 45.9 Å². The van der Waals surface area contributed by atoms with Gasteiger partial charge in [-0.3, -0.25) is 4.79 Å². The Morgan fingerprint density at radius 1 is 1.21 bits per heavy atom. The zero-order chi connectivity index (χ0) is 21.3. The quantitative estimate of drug-likeness (QED) is 0.476. The van der Waals surface area contributed by atoms with Crippen molar-refractivity contribution in [2.24, 2.45) is 5.92 Å². The molecule has 3 rings (SSSR count). The Morgan fingerprint density at radius 2 is 1.93 bits per heavy atom. The van der Waals surface area contributed by atoms with Crippen molar-refractivity contribution in [3.05, 3.63) is 75.4 Å². The highest BCUT2D eigenvalue weighted by Gasteiger charge is 2.34. The van der Waals surface area contributed by atoms with Crippen molar-refractivity contribution < 1.29 is 23.0 Å². The number of aryl methyl sites for hydroxylation is 2. The van der Waals surface area contributed by atoms with Gasteiger partial charge >= 0.3 is 0 Å². The minimum atomic E-state index is -0.878. The van der Waals surface area contributed by atoms with Crippen LogP contribution in [0.25, 0.3) is 0 Å². The molecule has 0 aromatic heterocycles. The van der Waals surface area contributed by atoms with Gasteiger partial charge < -0.3 is 9.47 Å². The van der Waals surface area contributed by atoms with Gasteiger partial charge in [-0.25, -0.2) is 8.78 Å². The molecule has 2 aromatic carbocycles. The summed E-state index contributed by atoms with van der Waals surface area (Å²) < 4.78 is 39.0. The number of hydrogen-bond acceptors (Lipinski definition) is 3. The fourth-order valence-electron chi connectivity index (χ4n) is 4.27. The van der Waals surface area contributed by atoms with Crippen molar-refractivity contribution in [3.8, 4) is 5.75 Å². The van der Waals surface area contributed by atoms with Gasteiger partial charge in [-0.05, 0) is 90.8 Å². The molecular formula is C24H26F2O3. The van der Waals surface area contributed by atoms with Gasteiger partial charge in [-0.1, -0.05) is 6.58 Å². The number of benzene rings is 2. The summed E-state index contributed by atoms with van der Waals surface area (Å²) in [4.78, 5) is 11.3. The van der Waals surface area contributed by atoms with Crippen molar-refractivity contribution in [3.63, 3.8) is 0 Å². The topological polar surface area (TPSA) is 35.5 Å². The maximum Gasteiger partial charge on any atom is 0.161 e.